The molecule has 1 aliphatic rings. The molecule has 1 unspecified atom stereocenters. The molecule has 0 spiro atoms. The van der Waals surface area contributed by atoms with Crippen LogP contribution in [0.3, 0.4) is 0 Å². The van der Waals surface area contributed by atoms with Crippen molar-refractivity contribution in [2.45, 2.75) is 53.0 Å². The Balaban J connectivity index is 0.00000420. The van der Waals surface area contributed by atoms with Crippen molar-refractivity contribution in [3.63, 3.8) is 0 Å². The number of rotatable bonds is 9. The monoisotopic (exact) mass is 516 g/mol. The maximum Gasteiger partial charge on any atom is 0.225 e. The lowest BCUT2D eigenvalue weighted by atomic mass is 10.2. The van der Waals surface area contributed by atoms with E-state index >= 15 is 0 Å². The van der Waals surface area contributed by atoms with E-state index in [0.29, 0.717) is 6.61 Å². The zero-order valence-corrected chi connectivity index (χ0v) is 20.6. The normalized spacial score (nSPS) is 16.5. The number of benzene rings is 1. The van der Waals surface area contributed by atoms with Crippen LogP contribution in [-0.2, 0) is 4.79 Å². The van der Waals surface area contributed by atoms with Gasteiger partial charge in [0.15, 0.2) is 5.96 Å². The quantitative estimate of drug-likeness (QED) is 0.228. The van der Waals surface area contributed by atoms with Crippen LogP contribution in [0.4, 0.5) is 0 Å². The molecule has 0 radical (unpaired) electrons. The number of likely N-dealkylation sites (tertiary alicyclic amines) is 1. The summed E-state index contributed by atoms with van der Waals surface area (Å²) in [7, 11) is 0. The number of aryl methyl sites for hydroxylation is 1. The minimum Gasteiger partial charge on any atom is -0.494 e. The number of halogens is 1. The minimum atomic E-state index is 0. The molecule has 1 aromatic carbocycles. The first-order valence-corrected chi connectivity index (χ1v) is 10.5. The molecule has 1 atom stereocenters. The zero-order valence-electron chi connectivity index (χ0n) is 18.2. The van der Waals surface area contributed by atoms with Gasteiger partial charge in [-0.3, -0.25) is 9.79 Å². The number of ether oxygens (including phenoxy) is 1. The Morgan fingerprint density at radius 2 is 2.00 bits per heavy atom. The van der Waals surface area contributed by atoms with Gasteiger partial charge in [0.25, 0.3) is 0 Å². The predicted octanol–water partition coefficient (Wildman–Crippen LogP) is 3.58. The number of aliphatic imine (C=N–C) groups is 1. The van der Waals surface area contributed by atoms with Crippen molar-refractivity contribution in [3.05, 3.63) is 29.8 Å². The van der Waals surface area contributed by atoms with Gasteiger partial charge in [0, 0.05) is 38.1 Å². The summed E-state index contributed by atoms with van der Waals surface area (Å²) in [5, 5.41) is 6.78. The van der Waals surface area contributed by atoms with E-state index in [4.69, 9.17) is 4.74 Å². The van der Waals surface area contributed by atoms with Gasteiger partial charge in [0.2, 0.25) is 5.91 Å². The summed E-state index contributed by atoms with van der Waals surface area (Å²) >= 11 is 0. The second-order valence-corrected chi connectivity index (χ2v) is 7.70. The first kappa shape index (κ1) is 25.5. The van der Waals surface area contributed by atoms with Gasteiger partial charge in [-0.25, -0.2) is 0 Å². The molecule has 0 saturated carbocycles. The molecular formula is C22H37IN4O2. The molecule has 1 heterocycles. The van der Waals surface area contributed by atoms with Crippen molar-refractivity contribution < 1.29 is 9.53 Å². The van der Waals surface area contributed by atoms with Gasteiger partial charge in [-0.2, -0.15) is 0 Å². The van der Waals surface area contributed by atoms with Crippen molar-refractivity contribution in [1.29, 1.82) is 0 Å². The number of unbranched alkanes of at least 4 members (excludes halogenated alkanes) is 1. The molecule has 1 aliphatic heterocycles. The summed E-state index contributed by atoms with van der Waals surface area (Å²) in [6, 6.07) is 8.41. The second kappa shape index (κ2) is 13.7. The number of carbonyl (C=O) groups excluding carboxylic acids is 1. The molecule has 164 valence electrons. The van der Waals surface area contributed by atoms with Crippen molar-refractivity contribution >= 4 is 35.8 Å². The van der Waals surface area contributed by atoms with E-state index in [0.717, 1.165) is 57.2 Å². The molecule has 2 N–H and O–H groups in total. The Morgan fingerprint density at radius 1 is 1.28 bits per heavy atom. The maximum absolute atomic E-state index is 12.1. The van der Waals surface area contributed by atoms with Gasteiger partial charge in [-0.1, -0.05) is 31.5 Å². The van der Waals surface area contributed by atoms with Gasteiger partial charge < -0.3 is 20.3 Å². The van der Waals surface area contributed by atoms with Crippen LogP contribution < -0.4 is 15.4 Å². The number of hydrogen-bond donors (Lipinski definition) is 2. The standard InChI is InChI=1S/C22H36N4O2.HI/c1-5-23-22(25-19-12-14-26(16-19)21(27)17(2)3)24-13-6-7-15-28-20-10-8-18(4)9-11-20;/h8-11,17,19H,5-7,12-16H2,1-4H3,(H2,23,24,25);1H. The lowest BCUT2D eigenvalue weighted by Crippen LogP contribution is -2.45. The van der Waals surface area contributed by atoms with Crippen LogP contribution >= 0.6 is 24.0 Å². The maximum atomic E-state index is 12.1. The molecule has 1 aromatic rings. The summed E-state index contributed by atoms with van der Waals surface area (Å²) in [4.78, 5) is 18.8. The summed E-state index contributed by atoms with van der Waals surface area (Å²) in [5.74, 6) is 2.05. The summed E-state index contributed by atoms with van der Waals surface area (Å²) in [6.45, 7) is 11.9. The topological polar surface area (TPSA) is 66.0 Å². The lowest BCUT2D eigenvalue weighted by molar-refractivity contribution is -0.133. The molecule has 0 aliphatic carbocycles. The number of amides is 1. The Hall–Kier alpha value is -1.51. The fourth-order valence-electron chi connectivity index (χ4n) is 3.19. The summed E-state index contributed by atoms with van der Waals surface area (Å²) < 4.78 is 5.76. The van der Waals surface area contributed by atoms with Gasteiger partial charge in [0.05, 0.1) is 6.61 Å². The highest BCUT2D eigenvalue weighted by molar-refractivity contribution is 14.0. The Kier molecular flexibility index (Phi) is 12.0. The highest BCUT2D eigenvalue weighted by Crippen LogP contribution is 2.13. The average molecular weight is 516 g/mol. The van der Waals surface area contributed by atoms with E-state index in [1.807, 2.05) is 30.9 Å². The number of carbonyl (C=O) groups is 1. The number of guanidine groups is 1. The number of nitrogens with zero attached hydrogens (tertiary/aromatic N) is 2. The number of nitrogens with one attached hydrogen (secondary N) is 2. The largest absolute Gasteiger partial charge is 0.494 e. The fraction of sp³-hybridized carbons (Fsp3) is 0.636. The molecule has 1 fully saturated rings. The van der Waals surface area contributed by atoms with Crippen LogP contribution in [0.1, 0.15) is 45.6 Å². The third-order valence-corrected chi connectivity index (χ3v) is 4.79. The van der Waals surface area contributed by atoms with Gasteiger partial charge in [-0.05, 0) is 45.2 Å². The third kappa shape index (κ3) is 9.23. The van der Waals surface area contributed by atoms with Crippen LogP contribution in [0.5, 0.6) is 5.75 Å². The molecule has 29 heavy (non-hydrogen) atoms. The van der Waals surface area contributed by atoms with E-state index < -0.39 is 0 Å². The van der Waals surface area contributed by atoms with Crippen LogP contribution in [0, 0.1) is 12.8 Å². The van der Waals surface area contributed by atoms with Crippen molar-refractivity contribution in [2.75, 3.05) is 32.8 Å². The smallest absolute Gasteiger partial charge is 0.225 e. The molecular weight excluding hydrogens is 479 g/mol. The Labute approximate surface area is 192 Å². The highest BCUT2D eigenvalue weighted by Gasteiger charge is 2.27. The van der Waals surface area contributed by atoms with E-state index in [2.05, 4.69) is 41.6 Å². The Bertz CT molecular complexity index is 634. The van der Waals surface area contributed by atoms with Crippen molar-refractivity contribution in [2.24, 2.45) is 10.9 Å². The zero-order chi connectivity index (χ0) is 20.4. The first-order valence-electron chi connectivity index (χ1n) is 10.5. The second-order valence-electron chi connectivity index (χ2n) is 7.70. The molecule has 7 heteroatoms. The van der Waals surface area contributed by atoms with Crippen LogP contribution in [0.2, 0.25) is 0 Å². The van der Waals surface area contributed by atoms with E-state index in [1.165, 1.54) is 5.56 Å². The van der Waals surface area contributed by atoms with Gasteiger partial charge >= 0.3 is 0 Å². The van der Waals surface area contributed by atoms with E-state index in [-0.39, 0.29) is 41.8 Å². The average Bonchev–Trinajstić information content (AvgIpc) is 3.13. The van der Waals surface area contributed by atoms with Gasteiger partial charge in [0.1, 0.15) is 5.75 Å². The highest BCUT2D eigenvalue weighted by atomic mass is 127. The van der Waals surface area contributed by atoms with Crippen molar-refractivity contribution in [3.8, 4) is 5.75 Å². The van der Waals surface area contributed by atoms with Crippen LogP contribution in [-0.4, -0.2) is 55.6 Å². The van der Waals surface area contributed by atoms with Crippen LogP contribution in [0.15, 0.2) is 29.3 Å². The van der Waals surface area contributed by atoms with E-state index in [9.17, 15) is 4.79 Å². The fourth-order valence-corrected chi connectivity index (χ4v) is 3.19. The van der Waals surface area contributed by atoms with Crippen LogP contribution in [0.25, 0.3) is 0 Å². The van der Waals surface area contributed by atoms with E-state index in [1.54, 1.807) is 0 Å². The minimum absolute atomic E-state index is 0. The van der Waals surface area contributed by atoms with Gasteiger partial charge in [-0.15, -0.1) is 24.0 Å². The SMILES string of the molecule is CCNC(=NCCCCOc1ccc(C)cc1)NC1CCN(C(=O)C(C)C)C1.I. The predicted molar refractivity (Wildman–Crippen MR) is 130 cm³/mol. The summed E-state index contributed by atoms with van der Waals surface area (Å²) in [6.07, 6.45) is 2.91. The molecule has 0 bridgehead atoms. The lowest BCUT2D eigenvalue weighted by Gasteiger charge is -2.20. The molecule has 6 nitrogen and oxygen atoms in total. The third-order valence-electron chi connectivity index (χ3n) is 4.79. The summed E-state index contributed by atoms with van der Waals surface area (Å²) in [5.41, 5.74) is 1.24. The number of hydrogen-bond acceptors (Lipinski definition) is 3. The molecule has 2 rings (SSSR count). The Morgan fingerprint density at radius 3 is 2.66 bits per heavy atom. The molecule has 1 amide bonds. The first-order chi connectivity index (χ1) is 13.5. The van der Waals surface area contributed by atoms with Crippen molar-refractivity contribution in [1.82, 2.24) is 15.5 Å². The molecule has 0 aromatic heterocycles. The molecule has 1 saturated heterocycles.